The highest BCUT2D eigenvalue weighted by atomic mass is 35.5. The number of nitrogens with two attached hydrogens (primary N) is 1. The highest BCUT2D eigenvalue weighted by Gasteiger charge is 2.31. The zero-order valence-corrected chi connectivity index (χ0v) is 12.8. The van der Waals surface area contributed by atoms with E-state index in [1.807, 2.05) is 36.0 Å². The molecule has 0 amide bonds. The Morgan fingerprint density at radius 2 is 2.30 bits per heavy atom. The molecule has 1 unspecified atom stereocenters. The maximum atomic E-state index is 6.24. The van der Waals surface area contributed by atoms with Crippen molar-refractivity contribution >= 4 is 40.0 Å². The minimum atomic E-state index is -0.0266. The molecule has 106 valence electrons. The van der Waals surface area contributed by atoms with Crippen LogP contribution in [0.1, 0.15) is 12.8 Å². The van der Waals surface area contributed by atoms with Crippen LogP contribution >= 0.6 is 23.4 Å². The molecule has 0 radical (unpaired) electrons. The SMILES string of the molecule is NCC1(Nc2ccc(Cl)c3cccnc23)CCCSC1. The summed E-state index contributed by atoms with van der Waals surface area (Å²) < 4.78 is 0. The summed E-state index contributed by atoms with van der Waals surface area (Å²) in [7, 11) is 0. The van der Waals surface area contributed by atoms with E-state index >= 15 is 0 Å². The van der Waals surface area contributed by atoms with E-state index in [9.17, 15) is 0 Å². The Labute approximate surface area is 128 Å². The number of nitrogens with zero attached hydrogens (tertiary/aromatic N) is 1. The number of benzene rings is 1. The van der Waals surface area contributed by atoms with E-state index < -0.39 is 0 Å². The van der Waals surface area contributed by atoms with E-state index in [-0.39, 0.29) is 5.54 Å². The van der Waals surface area contributed by atoms with Crippen LogP contribution in [0.3, 0.4) is 0 Å². The third-order valence-electron chi connectivity index (χ3n) is 3.83. The van der Waals surface area contributed by atoms with Crippen molar-refractivity contribution in [1.82, 2.24) is 4.98 Å². The molecule has 1 atom stereocenters. The number of pyridine rings is 1. The number of aromatic nitrogens is 1. The van der Waals surface area contributed by atoms with Gasteiger partial charge in [-0.25, -0.2) is 0 Å². The summed E-state index contributed by atoms with van der Waals surface area (Å²) in [5.74, 6) is 2.27. The van der Waals surface area contributed by atoms with E-state index in [0.29, 0.717) is 6.54 Å². The van der Waals surface area contributed by atoms with Crippen LogP contribution < -0.4 is 11.1 Å². The summed E-state index contributed by atoms with van der Waals surface area (Å²) in [6.45, 7) is 0.636. The fourth-order valence-corrected chi connectivity index (χ4v) is 4.12. The third kappa shape index (κ3) is 2.60. The molecule has 1 saturated heterocycles. The molecule has 20 heavy (non-hydrogen) atoms. The third-order valence-corrected chi connectivity index (χ3v) is 5.49. The van der Waals surface area contributed by atoms with E-state index in [1.165, 1.54) is 12.2 Å². The number of rotatable bonds is 3. The van der Waals surface area contributed by atoms with Gasteiger partial charge in [0.25, 0.3) is 0 Å². The number of halogens is 1. The lowest BCUT2D eigenvalue weighted by atomic mass is 9.94. The monoisotopic (exact) mass is 307 g/mol. The van der Waals surface area contributed by atoms with E-state index in [2.05, 4.69) is 10.3 Å². The average molecular weight is 308 g/mol. The second-order valence-electron chi connectivity index (χ2n) is 5.26. The van der Waals surface area contributed by atoms with Gasteiger partial charge in [-0.05, 0) is 42.9 Å². The molecule has 0 spiro atoms. The quantitative estimate of drug-likeness (QED) is 0.911. The number of hydrogen-bond donors (Lipinski definition) is 2. The van der Waals surface area contributed by atoms with E-state index in [0.717, 1.165) is 33.8 Å². The summed E-state index contributed by atoms with van der Waals surface area (Å²) in [6.07, 6.45) is 4.11. The number of thioether (sulfide) groups is 1. The van der Waals surface area contributed by atoms with Crippen LogP contribution in [0.25, 0.3) is 10.9 Å². The molecule has 1 aliphatic rings. The van der Waals surface area contributed by atoms with Crippen LogP contribution in [0, 0.1) is 0 Å². The van der Waals surface area contributed by atoms with E-state index in [4.69, 9.17) is 17.3 Å². The number of anilines is 1. The van der Waals surface area contributed by atoms with Crippen molar-refractivity contribution in [2.24, 2.45) is 5.73 Å². The van der Waals surface area contributed by atoms with Crippen molar-refractivity contribution in [1.29, 1.82) is 0 Å². The first-order valence-electron chi connectivity index (χ1n) is 6.83. The molecule has 1 aromatic heterocycles. The molecule has 3 nitrogen and oxygen atoms in total. The van der Waals surface area contributed by atoms with Crippen LogP contribution in [0.15, 0.2) is 30.5 Å². The molecule has 0 saturated carbocycles. The zero-order valence-electron chi connectivity index (χ0n) is 11.2. The van der Waals surface area contributed by atoms with Crippen molar-refractivity contribution in [2.45, 2.75) is 18.4 Å². The fraction of sp³-hybridized carbons (Fsp3) is 0.400. The Morgan fingerprint density at radius 3 is 3.05 bits per heavy atom. The summed E-state index contributed by atoms with van der Waals surface area (Å²) in [6, 6.07) is 7.84. The van der Waals surface area contributed by atoms with Gasteiger partial charge in [0, 0.05) is 23.9 Å². The van der Waals surface area contributed by atoms with Gasteiger partial charge in [0.1, 0.15) is 0 Å². The van der Waals surface area contributed by atoms with Gasteiger partial charge in [-0.3, -0.25) is 4.98 Å². The molecule has 1 fully saturated rings. The number of fused-ring (bicyclic) bond motifs is 1. The van der Waals surface area contributed by atoms with Crippen LogP contribution in [-0.2, 0) is 0 Å². The standard InChI is InChI=1S/C15H18ClN3S/c16-12-4-5-13(14-11(12)3-1-7-18-14)19-15(9-17)6-2-8-20-10-15/h1,3-5,7,19H,2,6,8-10,17H2. The summed E-state index contributed by atoms with van der Waals surface area (Å²) in [4.78, 5) is 4.48. The molecule has 1 aliphatic heterocycles. The average Bonchev–Trinajstić information content (AvgIpc) is 2.51. The van der Waals surface area contributed by atoms with Crippen molar-refractivity contribution in [2.75, 3.05) is 23.4 Å². The van der Waals surface area contributed by atoms with Gasteiger partial charge in [-0.2, -0.15) is 11.8 Å². The van der Waals surface area contributed by atoms with Crippen LogP contribution in [0.4, 0.5) is 5.69 Å². The summed E-state index contributed by atoms with van der Waals surface area (Å²) in [5.41, 5.74) is 7.96. The van der Waals surface area contributed by atoms with Crippen molar-refractivity contribution in [3.8, 4) is 0 Å². The summed E-state index contributed by atoms with van der Waals surface area (Å²) in [5, 5.41) is 5.36. The maximum absolute atomic E-state index is 6.24. The molecule has 0 bridgehead atoms. The van der Waals surface area contributed by atoms with E-state index in [1.54, 1.807) is 6.20 Å². The Bertz CT molecular complexity index is 611. The van der Waals surface area contributed by atoms with Crippen LogP contribution in [-0.4, -0.2) is 28.6 Å². The van der Waals surface area contributed by atoms with Crippen LogP contribution in [0.5, 0.6) is 0 Å². The Balaban J connectivity index is 2.00. The van der Waals surface area contributed by atoms with Gasteiger partial charge in [0.15, 0.2) is 0 Å². The molecule has 1 aromatic carbocycles. The second-order valence-corrected chi connectivity index (χ2v) is 6.77. The van der Waals surface area contributed by atoms with Gasteiger partial charge in [-0.1, -0.05) is 11.6 Å². The smallest absolute Gasteiger partial charge is 0.0948 e. The molecule has 5 heteroatoms. The predicted octanol–water partition coefficient (Wildman–Crippen LogP) is 3.52. The van der Waals surface area contributed by atoms with Gasteiger partial charge < -0.3 is 11.1 Å². The first-order chi connectivity index (χ1) is 9.74. The van der Waals surface area contributed by atoms with Gasteiger partial charge in [-0.15, -0.1) is 0 Å². The minimum Gasteiger partial charge on any atom is -0.376 e. The van der Waals surface area contributed by atoms with Crippen molar-refractivity contribution in [3.05, 3.63) is 35.5 Å². The van der Waals surface area contributed by atoms with Gasteiger partial charge in [0.05, 0.1) is 21.8 Å². The zero-order chi connectivity index (χ0) is 14.0. The van der Waals surface area contributed by atoms with Crippen molar-refractivity contribution < 1.29 is 0 Å². The lowest BCUT2D eigenvalue weighted by Gasteiger charge is -2.37. The largest absolute Gasteiger partial charge is 0.376 e. The number of nitrogens with one attached hydrogen (secondary N) is 1. The van der Waals surface area contributed by atoms with Crippen LogP contribution in [0.2, 0.25) is 5.02 Å². The first-order valence-corrected chi connectivity index (χ1v) is 8.37. The topological polar surface area (TPSA) is 50.9 Å². The molecule has 2 aromatic rings. The Morgan fingerprint density at radius 1 is 1.40 bits per heavy atom. The minimum absolute atomic E-state index is 0.0266. The molecule has 2 heterocycles. The van der Waals surface area contributed by atoms with Gasteiger partial charge in [0.2, 0.25) is 0 Å². The normalized spacial score (nSPS) is 22.9. The lowest BCUT2D eigenvalue weighted by Crippen LogP contribution is -2.49. The fourth-order valence-electron chi connectivity index (χ4n) is 2.69. The molecule has 3 rings (SSSR count). The second kappa shape index (κ2) is 5.80. The highest BCUT2D eigenvalue weighted by Crippen LogP contribution is 2.34. The molecule has 0 aliphatic carbocycles. The summed E-state index contributed by atoms with van der Waals surface area (Å²) >= 11 is 8.21. The predicted molar refractivity (Wildman–Crippen MR) is 88.7 cm³/mol. The highest BCUT2D eigenvalue weighted by molar-refractivity contribution is 7.99. The van der Waals surface area contributed by atoms with Gasteiger partial charge >= 0.3 is 0 Å². The van der Waals surface area contributed by atoms with Crippen molar-refractivity contribution in [3.63, 3.8) is 0 Å². The number of hydrogen-bond acceptors (Lipinski definition) is 4. The molecular weight excluding hydrogens is 290 g/mol. The Kier molecular flexibility index (Phi) is 4.06. The maximum Gasteiger partial charge on any atom is 0.0948 e. The molecular formula is C15H18ClN3S. The Hall–Kier alpha value is -0.970. The lowest BCUT2D eigenvalue weighted by molar-refractivity contribution is 0.476. The molecule has 3 N–H and O–H groups in total. The first kappa shape index (κ1) is 14.0.